The number of nitrogens with zero attached hydrogens (tertiary/aromatic N) is 4. The van der Waals surface area contributed by atoms with Crippen molar-refractivity contribution >= 4 is 5.91 Å². The lowest BCUT2D eigenvalue weighted by atomic mass is 9.78. The minimum absolute atomic E-state index is 0.0663. The fraction of sp³-hybridized carbons (Fsp3) is 0.375. The van der Waals surface area contributed by atoms with Crippen LogP contribution in [0.15, 0.2) is 77.3 Å². The van der Waals surface area contributed by atoms with Crippen molar-refractivity contribution in [3.8, 4) is 5.75 Å². The molecule has 1 fully saturated rings. The molecule has 0 atom stereocenters. The van der Waals surface area contributed by atoms with Crippen molar-refractivity contribution in [2.45, 2.75) is 52.8 Å². The molecule has 0 bridgehead atoms. The van der Waals surface area contributed by atoms with Gasteiger partial charge in [-0.1, -0.05) is 56.3 Å². The predicted molar refractivity (Wildman–Crippen MR) is 152 cm³/mol. The summed E-state index contributed by atoms with van der Waals surface area (Å²) in [5.74, 6) is 1.70. The Hall–Kier alpha value is -3.84. The summed E-state index contributed by atoms with van der Waals surface area (Å²) in [5, 5.41) is 4.54. The van der Waals surface area contributed by atoms with E-state index in [1.807, 2.05) is 33.8 Å². The molecule has 1 aliphatic rings. The van der Waals surface area contributed by atoms with Gasteiger partial charge in [0, 0.05) is 56.4 Å². The molecule has 3 heterocycles. The van der Waals surface area contributed by atoms with Crippen LogP contribution >= 0.6 is 0 Å². The van der Waals surface area contributed by atoms with Crippen LogP contribution in [0.1, 0.15) is 59.5 Å². The smallest absolute Gasteiger partial charge is 0.289 e. The Labute approximate surface area is 231 Å². The van der Waals surface area contributed by atoms with Crippen LogP contribution in [0.2, 0.25) is 0 Å². The second-order valence-electron chi connectivity index (χ2n) is 10.7. The molecule has 7 nitrogen and oxygen atoms in total. The number of ether oxygens (including phenoxy) is 1. The number of furan rings is 1. The molecule has 0 unspecified atom stereocenters. The predicted octanol–water partition coefficient (Wildman–Crippen LogP) is 5.67. The van der Waals surface area contributed by atoms with Gasteiger partial charge >= 0.3 is 0 Å². The number of carbonyl (C=O) groups is 1. The van der Waals surface area contributed by atoms with Gasteiger partial charge in [0.15, 0.2) is 5.76 Å². The molecule has 0 spiro atoms. The molecular formula is C32H38N4O3. The third-order valence-corrected chi connectivity index (χ3v) is 7.75. The van der Waals surface area contributed by atoms with Gasteiger partial charge in [0.2, 0.25) is 0 Å². The van der Waals surface area contributed by atoms with Gasteiger partial charge in [-0.25, -0.2) is 0 Å². The third kappa shape index (κ3) is 6.09. The van der Waals surface area contributed by atoms with Gasteiger partial charge in [-0.3, -0.25) is 14.4 Å². The number of rotatable bonds is 9. The Morgan fingerprint density at radius 3 is 2.31 bits per heavy atom. The highest BCUT2D eigenvalue weighted by atomic mass is 16.5. The highest BCUT2D eigenvalue weighted by molar-refractivity contribution is 5.91. The summed E-state index contributed by atoms with van der Waals surface area (Å²) < 4.78 is 13.8. The van der Waals surface area contributed by atoms with Crippen molar-refractivity contribution in [1.82, 2.24) is 19.6 Å². The van der Waals surface area contributed by atoms with Crippen LogP contribution in [-0.4, -0.2) is 51.7 Å². The van der Waals surface area contributed by atoms with Gasteiger partial charge in [0.05, 0.1) is 5.69 Å². The van der Waals surface area contributed by atoms with Crippen LogP contribution in [0.4, 0.5) is 0 Å². The van der Waals surface area contributed by atoms with E-state index in [0.29, 0.717) is 24.6 Å². The van der Waals surface area contributed by atoms with E-state index in [0.717, 1.165) is 37.6 Å². The lowest BCUT2D eigenvalue weighted by Gasteiger charge is -2.34. The lowest BCUT2D eigenvalue weighted by molar-refractivity contribution is 0.0594. The Morgan fingerprint density at radius 1 is 0.949 bits per heavy atom. The summed E-state index contributed by atoms with van der Waals surface area (Å²) in [6, 6.07) is 22.3. The van der Waals surface area contributed by atoms with Gasteiger partial charge < -0.3 is 14.1 Å². The van der Waals surface area contributed by atoms with Crippen molar-refractivity contribution < 1.29 is 13.9 Å². The van der Waals surface area contributed by atoms with E-state index in [1.54, 1.807) is 6.07 Å². The quantitative estimate of drug-likeness (QED) is 0.281. The molecule has 1 aliphatic heterocycles. The second-order valence-corrected chi connectivity index (χ2v) is 10.7. The second kappa shape index (κ2) is 11.5. The SMILES string of the molecule is CCn1cc(CN2CCN(C(=O)c3ccc(COc4ccc(C(C)(C)c5ccccc5)cc4)o3)CC2)c(C)n1. The Morgan fingerprint density at radius 2 is 1.64 bits per heavy atom. The van der Waals surface area contributed by atoms with Crippen molar-refractivity contribution in [3.63, 3.8) is 0 Å². The maximum atomic E-state index is 13.1. The average Bonchev–Trinajstić information content (AvgIpc) is 3.59. The molecular weight excluding hydrogens is 488 g/mol. The van der Waals surface area contributed by atoms with E-state index < -0.39 is 0 Å². The first-order chi connectivity index (χ1) is 18.8. The number of aryl methyl sites for hydroxylation is 2. The van der Waals surface area contributed by atoms with E-state index in [2.05, 4.69) is 80.3 Å². The van der Waals surface area contributed by atoms with Crippen LogP contribution in [0.25, 0.3) is 0 Å². The van der Waals surface area contributed by atoms with Gasteiger partial charge in [0.1, 0.15) is 18.1 Å². The number of hydrogen-bond acceptors (Lipinski definition) is 5. The van der Waals surface area contributed by atoms with Gasteiger partial charge in [-0.05, 0) is 49.2 Å². The van der Waals surface area contributed by atoms with Crippen molar-refractivity contribution in [2.24, 2.45) is 0 Å². The molecule has 2 aromatic carbocycles. The zero-order chi connectivity index (χ0) is 27.4. The summed E-state index contributed by atoms with van der Waals surface area (Å²) in [4.78, 5) is 17.3. The number of aromatic nitrogens is 2. The van der Waals surface area contributed by atoms with Gasteiger partial charge in [-0.15, -0.1) is 0 Å². The minimum Gasteiger partial charge on any atom is -0.486 e. The minimum atomic E-state index is -0.0984. The molecule has 0 saturated carbocycles. The third-order valence-electron chi connectivity index (χ3n) is 7.75. The first kappa shape index (κ1) is 26.8. The molecule has 0 aliphatic carbocycles. The maximum Gasteiger partial charge on any atom is 0.289 e. The number of piperazine rings is 1. The van der Waals surface area contributed by atoms with Gasteiger partial charge in [-0.2, -0.15) is 5.10 Å². The van der Waals surface area contributed by atoms with Gasteiger partial charge in [0.25, 0.3) is 5.91 Å². The molecule has 0 radical (unpaired) electrons. The molecule has 7 heteroatoms. The fourth-order valence-corrected chi connectivity index (χ4v) is 5.10. The monoisotopic (exact) mass is 526 g/mol. The Bertz CT molecular complexity index is 1380. The van der Waals surface area contributed by atoms with E-state index in [-0.39, 0.29) is 17.9 Å². The van der Waals surface area contributed by atoms with E-state index in [4.69, 9.17) is 9.15 Å². The number of carbonyl (C=O) groups excluding carboxylic acids is 1. The van der Waals surface area contributed by atoms with Crippen molar-refractivity contribution in [1.29, 1.82) is 0 Å². The maximum absolute atomic E-state index is 13.1. The molecule has 0 N–H and O–H groups in total. The lowest BCUT2D eigenvalue weighted by Crippen LogP contribution is -2.48. The Kier molecular flexibility index (Phi) is 7.89. The topological polar surface area (TPSA) is 63.7 Å². The first-order valence-corrected chi connectivity index (χ1v) is 13.8. The van der Waals surface area contributed by atoms with Crippen molar-refractivity contribution in [3.05, 3.63) is 107 Å². The number of benzene rings is 2. The average molecular weight is 527 g/mol. The van der Waals surface area contributed by atoms with Crippen molar-refractivity contribution in [2.75, 3.05) is 26.2 Å². The van der Waals surface area contributed by atoms with E-state index in [1.165, 1.54) is 16.7 Å². The van der Waals surface area contributed by atoms with E-state index >= 15 is 0 Å². The molecule has 1 saturated heterocycles. The largest absolute Gasteiger partial charge is 0.486 e. The standard InChI is InChI=1S/C32H38N4O3/c1-5-36-22-25(24(2)33-36)21-34-17-19-35(20-18-34)31(37)30-16-15-29(39-30)23-38-28-13-11-27(12-14-28)32(3,4)26-9-7-6-8-10-26/h6-16,22H,5,17-21,23H2,1-4H3. The molecule has 5 rings (SSSR count). The van der Waals surface area contributed by atoms with Crippen LogP contribution in [0.5, 0.6) is 5.75 Å². The number of hydrogen-bond donors (Lipinski definition) is 0. The molecule has 1 amide bonds. The normalized spacial score (nSPS) is 14.5. The van der Waals surface area contributed by atoms with Crippen LogP contribution < -0.4 is 4.74 Å². The molecule has 39 heavy (non-hydrogen) atoms. The zero-order valence-corrected chi connectivity index (χ0v) is 23.4. The van der Waals surface area contributed by atoms with Crippen LogP contribution in [0.3, 0.4) is 0 Å². The summed E-state index contributed by atoms with van der Waals surface area (Å²) in [6.07, 6.45) is 2.12. The highest BCUT2D eigenvalue weighted by Gasteiger charge is 2.25. The fourth-order valence-electron chi connectivity index (χ4n) is 5.10. The summed E-state index contributed by atoms with van der Waals surface area (Å²) in [6.45, 7) is 13.6. The van der Waals surface area contributed by atoms with Crippen LogP contribution in [0, 0.1) is 6.92 Å². The highest BCUT2D eigenvalue weighted by Crippen LogP contribution is 2.32. The summed E-state index contributed by atoms with van der Waals surface area (Å²) >= 11 is 0. The zero-order valence-electron chi connectivity index (χ0n) is 23.4. The molecule has 204 valence electrons. The molecule has 2 aromatic heterocycles. The summed E-state index contributed by atoms with van der Waals surface area (Å²) in [7, 11) is 0. The van der Waals surface area contributed by atoms with Crippen LogP contribution in [-0.2, 0) is 25.1 Å². The summed E-state index contributed by atoms with van der Waals surface area (Å²) in [5.41, 5.74) is 4.72. The van der Waals surface area contributed by atoms with E-state index in [9.17, 15) is 4.79 Å². The first-order valence-electron chi connectivity index (χ1n) is 13.8. The Balaban J connectivity index is 1.12. The number of amides is 1. The molecule has 4 aromatic rings.